The highest BCUT2D eigenvalue weighted by Crippen LogP contribution is 2.30. The van der Waals surface area contributed by atoms with Crippen molar-refractivity contribution in [2.24, 2.45) is 0 Å². The number of carbonyl (C=O) groups excluding carboxylic acids is 2. The normalized spacial score (nSPS) is 33.3. The Morgan fingerprint density at radius 1 is 1.38 bits per heavy atom. The zero-order valence-electron chi connectivity index (χ0n) is 8.43. The van der Waals surface area contributed by atoms with Gasteiger partial charge in [-0.1, -0.05) is 11.8 Å². The van der Waals surface area contributed by atoms with Crippen molar-refractivity contribution in [2.45, 2.75) is 9.16 Å². The summed E-state index contributed by atoms with van der Waals surface area (Å²) in [6, 6.07) is 0. The zero-order chi connectivity index (χ0) is 11.5. The highest BCUT2D eigenvalue weighted by atomic mass is 32.3. The first-order valence-corrected chi connectivity index (χ1v) is 8.23. The minimum atomic E-state index is -1.24. The summed E-state index contributed by atoms with van der Waals surface area (Å²) in [6.07, 6.45) is 0. The van der Waals surface area contributed by atoms with E-state index in [0.717, 1.165) is 12.3 Å². The van der Waals surface area contributed by atoms with Gasteiger partial charge in [0.05, 0.1) is 12.3 Å². The smallest absolute Gasteiger partial charge is 0.290 e. The van der Waals surface area contributed by atoms with Gasteiger partial charge in [-0.05, 0) is 11.2 Å². The lowest BCUT2D eigenvalue weighted by atomic mass is 10.6. The SMILES string of the molecule is O=C1CSC([S+]([O-])C2CNCCS2)C(=O)N1. The number of imide groups is 1. The third-order valence-electron chi connectivity index (χ3n) is 2.21. The van der Waals surface area contributed by atoms with Crippen molar-refractivity contribution in [3.8, 4) is 0 Å². The number of amides is 2. The quantitative estimate of drug-likeness (QED) is 0.505. The first-order chi connectivity index (χ1) is 7.68. The fraction of sp³-hybridized carbons (Fsp3) is 0.750. The van der Waals surface area contributed by atoms with Crippen LogP contribution in [0, 0.1) is 0 Å². The molecule has 0 spiro atoms. The molecular weight excluding hydrogens is 268 g/mol. The topological polar surface area (TPSA) is 81.3 Å². The summed E-state index contributed by atoms with van der Waals surface area (Å²) < 4.78 is 11.5. The molecule has 2 amide bonds. The standard InChI is InChI=1S/C8H12N2O3S3/c11-5-4-15-8(7(12)10-5)16(13)6-3-9-1-2-14-6/h6,8-9H,1-4H2,(H,10,11,12). The van der Waals surface area contributed by atoms with Gasteiger partial charge in [0.15, 0.2) is 4.58 Å². The van der Waals surface area contributed by atoms with Crippen LogP contribution in [0.25, 0.3) is 0 Å². The van der Waals surface area contributed by atoms with Crippen molar-refractivity contribution in [1.82, 2.24) is 10.6 Å². The van der Waals surface area contributed by atoms with Crippen LogP contribution < -0.4 is 10.6 Å². The molecule has 0 aromatic carbocycles. The van der Waals surface area contributed by atoms with Crippen molar-refractivity contribution >= 4 is 46.5 Å². The molecule has 90 valence electrons. The Labute approximate surface area is 105 Å². The van der Waals surface area contributed by atoms with Gasteiger partial charge in [-0.3, -0.25) is 14.9 Å². The van der Waals surface area contributed by atoms with E-state index in [1.54, 1.807) is 11.8 Å². The molecule has 0 radical (unpaired) electrons. The molecule has 0 saturated carbocycles. The molecule has 5 nitrogen and oxygen atoms in total. The number of rotatable bonds is 2. The summed E-state index contributed by atoms with van der Waals surface area (Å²) in [4.78, 5) is 22.5. The van der Waals surface area contributed by atoms with Gasteiger partial charge in [0, 0.05) is 12.3 Å². The van der Waals surface area contributed by atoms with Gasteiger partial charge in [0.25, 0.3) is 5.91 Å². The Kier molecular flexibility index (Phi) is 4.42. The molecule has 2 fully saturated rings. The van der Waals surface area contributed by atoms with Gasteiger partial charge in [0.2, 0.25) is 10.5 Å². The fourth-order valence-electron chi connectivity index (χ4n) is 1.46. The predicted molar refractivity (Wildman–Crippen MR) is 66.7 cm³/mol. The van der Waals surface area contributed by atoms with Crippen LogP contribution in [0.1, 0.15) is 0 Å². The third kappa shape index (κ3) is 2.86. The van der Waals surface area contributed by atoms with Crippen molar-refractivity contribution in [2.75, 3.05) is 24.6 Å². The molecule has 2 saturated heterocycles. The van der Waals surface area contributed by atoms with Crippen LogP contribution in [0.4, 0.5) is 0 Å². The average molecular weight is 280 g/mol. The lowest BCUT2D eigenvalue weighted by molar-refractivity contribution is -0.128. The first-order valence-electron chi connectivity index (χ1n) is 4.85. The van der Waals surface area contributed by atoms with Gasteiger partial charge < -0.3 is 9.87 Å². The van der Waals surface area contributed by atoms with Crippen LogP contribution in [-0.2, 0) is 20.8 Å². The maximum Gasteiger partial charge on any atom is 0.290 e. The van der Waals surface area contributed by atoms with Crippen molar-refractivity contribution in [3.63, 3.8) is 0 Å². The average Bonchev–Trinajstić information content (AvgIpc) is 2.29. The van der Waals surface area contributed by atoms with Crippen molar-refractivity contribution in [1.29, 1.82) is 0 Å². The maximum atomic E-state index is 12.1. The summed E-state index contributed by atoms with van der Waals surface area (Å²) in [5, 5.41) is 5.38. The molecule has 16 heavy (non-hydrogen) atoms. The second-order valence-electron chi connectivity index (χ2n) is 3.39. The van der Waals surface area contributed by atoms with Crippen LogP contribution in [-0.4, -0.2) is 50.1 Å². The molecule has 8 heteroatoms. The van der Waals surface area contributed by atoms with Gasteiger partial charge in [-0.25, -0.2) is 0 Å². The van der Waals surface area contributed by atoms with Gasteiger partial charge in [0.1, 0.15) is 0 Å². The lowest BCUT2D eigenvalue weighted by Gasteiger charge is -2.30. The lowest BCUT2D eigenvalue weighted by Crippen LogP contribution is -2.50. The van der Waals surface area contributed by atoms with E-state index in [1.807, 2.05) is 0 Å². The van der Waals surface area contributed by atoms with Crippen LogP contribution >= 0.6 is 23.5 Å². The molecule has 0 aliphatic carbocycles. The molecule has 0 aromatic rings. The van der Waals surface area contributed by atoms with Crippen LogP contribution in [0.3, 0.4) is 0 Å². The fourth-order valence-corrected chi connectivity index (χ4v) is 6.15. The minimum Gasteiger partial charge on any atom is -0.614 e. The summed E-state index contributed by atoms with van der Waals surface area (Å²) in [7, 11) is 0. The summed E-state index contributed by atoms with van der Waals surface area (Å²) in [5.74, 6) is 0.421. The molecule has 0 aromatic heterocycles. The molecule has 0 bridgehead atoms. The van der Waals surface area contributed by atoms with E-state index in [9.17, 15) is 14.1 Å². The number of thioether (sulfide) groups is 2. The summed E-state index contributed by atoms with van der Waals surface area (Å²) in [6.45, 7) is 1.58. The molecule has 2 N–H and O–H groups in total. The number of hydrogen-bond acceptors (Lipinski definition) is 6. The van der Waals surface area contributed by atoms with E-state index in [4.69, 9.17) is 0 Å². The largest absolute Gasteiger partial charge is 0.614 e. The third-order valence-corrected chi connectivity index (χ3v) is 7.41. The zero-order valence-corrected chi connectivity index (χ0v) is 10.9. The summed E-state index contributed by atoms with van der Waals surface area (Å²) in [5.41, 5.74) is 0. The highest BCUT2D eigenvalue weighted by molar-refractivity contribution is 8.21. The van der Waals surface area contributed by atoms with E-state index in [-0.39, 0.29) is 16.2 Å². The van der Waals surface area contributed by atoms with Crippen LogP contribution in [0.15, 0.2) is 0 Å². The van der Waals surface area contributed by atoms with Gasteiger partial charge in [-0.2, -0.15) is 0 Å². The van der Waals surface area contributed by atoms with Gasteiger partial charge in [-0.15, -0.1) is 11.8 Å². The second-order valence-corrected chi connectivity index (χ2v) is 8.09. The maximum absolute atomic E-state index is 12.1. The van der Waals surface area contributed by atoms with E-state index in [1.165, 1.54) is 11.8 Å². The molecule has 2 heterocycles. The summed E-state index contributed by atoms with van der Waals surface area (Å²) >= 11 is 1.57. The second kappa shape index (κ2) is 5.63. The predicted octanol–water partition coefficient (Wildman–Crippen LogP) is -0.887. The van der Waals surface area contributed by atoms with E-state index >= 15 is 0 Å². The molecule has 3 unspecified atom stereocenters. The number of hydrogen-bond donors (Lipinski definition) is 2. The number of carbonyl (C=O) groups is 2. The van der Waals surface area contributed by atoms with Crippen LogP contribution in [0.5, 0.6) is 0 Å². The first kappa shape index (κ1) is 12.6. The van der Waals surface area contributed by atoms with Crippen LogP contribution in [0.2, 0.25) is 0 Å². The molecular formula is C8H12N2O3S3. The Morgan fingerprint density at radius 3 is 2.81 bits per heavy atom. The van der Waals surface area contributed by atoms with Crippen molar-refractivity contribution in [3.05, 3.63) is 0 Å². The Hall–Kier alpha value is 0.110. The minimum absolute atomic E-state index is 0.0507. The molecule has 2 aliphatic rings. The monoisotopic (exact) mass is 280 g/mol. The molecule has 3 atom stereocenters. The molecule has 2 aliphatic heterocycles. The number of nitrogens with one attached hydrogen (secondary N) is 2. The highest BCUT2D eigenvalue weighted by Gasteiger charge is 2.41. The van der Waals surface area contributed by atoms with E-state index in [0.29, 0.717) is 6.54 Å². The Bertz CT molecular complexity index is 296. The molecule has 2 rings (SSSR count). The van der Waals surface area contributed by atoms with E-state index < -0.39 is 21.7 Å². The van der Waals surface area contributed by atoms with Crippen molar-refractivity contribution < 1.29 is 14.1 Å². The Balaban J connectivity index is 1.95. The van der Waals surface area contributed by atoms with E-state index in [2.05, 4.69) is 10.6 Å². The van der Waals surface area contributed by atoms with Gasteiger partial charge >= 0.3 is 0 Å². The Morgan fingerprint density at radius 2 is 2.19 bits per heavy atom.